The zero-order valence-electron chi connectivity index (χ0n) is 10.3. The standard InChI is InChI=1S/C12H23NO2/c1-12(2,3)13(4)10-7-5-9(6-8-10)11(14)15/h9-10H,5-8H2,1-4H3,(H,14,15). The Morgan fingerprint density at radius 2 is 1.67 bits per heavy atom. The predicted octanol–water partition coefficient (Wildman–Crippen LogP) is 2.36. The Labute approximate surface area is 92.5 Å². The van der Waals surface area contributed by atoms with Gasteiger partial charge in [0.15, 0.2) is 0 Å². The minimum atomic E-state index is -0.619. The first-order valence-corrected chi connectivity index (χ1v) is 5.78. The van der Waals surface area contributed by atoms with Crippen LogP contribution in [-0.4, -0.2) is 34.6 Å². The van der Waals surface area contributed by atoms with Crippen LogP contribution in [-0.2, 0) is 4.79 Å². The van der Waals surface area contributed by atoms with Crippen molar-refractivity contribution in [2.24, 2.45) is 5.92 Å². The van der Waals surface area contributed by atoms with E-state index in [2.05, 4.69) is 32.7 Å². The predicted molar refractivity (Wildman–Crippen MR) is 60.9 cm³/mol. The van der Waals surface area contributed by atoms with Gasteiger partial charge in [-0.1, -0.05) is 0 Å². The first kappa shape index (κ1) is 12.5. The number of carboxylic acid groups (broad SMARTS) is 1. The lowest BCUT2D eigenvalue weighted by Gasteiger charge is -2.41. The van der Waals surface area contributed by atoms with Crippen molar-refractivity contribution in [3.8, 4) is 0 Å². The molecule has 0 aromatic rings. The van der Waals surface area contributed by atoms with E-state index in [1.165, 1.54) is 0 Å². The summed E-state index contributed by atoms with van der Waals surface area (Å²) in [4.78, 5) is 13.2. The number of nitrogens with zero attached hydrogens (tertiary/aromatic N) is 1. The van der Waals surface area contributed by atoms with Crippen LogP contribution in [0.5, 0.6) is 0 Å². The molecule has 0 heterocycles. The highest BCUT2D eigenvalue weighted by atomic mass is 16.4. The number of carboxylic acids is 1. The monoisotopic (exact) mass is 213 g/mol. The lowest BCUT2D eigenvalue weighted by atomic mass is 9.84. The van der Waals surface area contributed by atoms with E-state index in [-0.39, 0.29) is 11.5 Å². The highest BCUT2D eigenvalue weighted by Gasteiger charge is 2.31. The molecule has 3 heteroatoms. The van der Waals surface area contributed by atoms with E-state index in [1.54, 1.807) is 0 Å². The molecule has 15 heavy (non-hydrogen) atoms. The molecule has 0 aromatic heterocycles. The van der Waals surface area contributed by atoms with Crippen molar-refractivity contribution in [2.45, 2.75) is 58.0 Å². The van der Waals surface area contributed by atoms with Gasteiger partial charge < -0.3 is 5.11 Å². The highest BCUT2D eigenvalue weighted by molar-refractivity contribution is 5.70. The largest absolute Gasteiger partial charge is 0.481 e. The molecule has 0 amide bonds. The SMILES string of the molecule is CN(C1CCC(C(=O)O)CC1)C(C)(C)C. The van der Waals surface area contributed by atoms with Gasteiger partial charge in [-0.2, -0.15) is 0 Å². The fourth-order valence-corrected chi connectivity index (χ4v) is 2.26. The normalized spacial score (nSPS) is 28.1. The summed E-state index contributed by atoms with van der Waals surface area (Å²) in [5.74, 6) is -0.721. The zero-order valence-corrected chi connectivity index (χ0v) is 10.3. The molecule has 0 bridgehead atoms. The number of hydrogen-bond acceptors (Lipinski definition) is 2. The third-order valence-corrected chi connectivity index (χ3v) is 3.65. The summed E-state index contributed by atoms with van der Waals surface area (Å²) in [6.07, 6.45) is 3.70. The molecule has 1 saturated carbocycles. The molecule has 3 nitrogen and oxygen atoms in total. The molecular formula is C12H23NO2. The summed E-state index contributed by atoms with van der Waals surface area (Å²) < 4.78 is 0. The average molecular weight is 213 g/mol. The Morgan fingerprint density at radius 3 is 2.00 bits per heavy atom. The lowest BCUT2D eigenvalue weighted by Crippen LogP contribution is -2.47. The van der Waals surface area contributed by atoms with E-state index >= 15 is 0 Å². The molecule has 1 aliphatic rings. The molecule has 0 saturated heterocycles. The smallest absolute Gasteiger partial charge is 0.306 e. The van der Waals surface area contributed by atoms with Crippen LogP contribution in [0.4, 0.5) is 0 Å². The van der Waals surface area contributed by atoms with Gasteiger partial charge in [0.2, 0.25) is 0 Å². The molecule has 0 unspecified atom stereocenters. The van der Waals surface area contributed by atoms with E-state index < -0.39 is 5.97 Å². The highest BCUT2D eigenvalue weighted by Crippen LogP contribution is 2.30. The Balaban J connectivity index is 2.47. The van der Waals surface area contributed by atoms with E-state index in [1.807, 2.05) is 0 Å². The molecule has 1 aliphatic carbocycles. The van der Waals surface area contributed by atoms with Crippen molar-refractivity contribution in [2.75, 3.05) is 7.05 Å². The van der Waals surface area contributed by atoms with Gasteiger partial charge in [-0.25, -0.2) is 0 Å². The van der Waals surface area contributed by atoms with Gasteiger partial charge in [0.1, 0.15) is 0 Å². The summed E-state index contributed by atoms with van der Waals surface area (Å²) in [5.41, 5.74) is 0.181. The summed E-state index contributed by atoms with van der Waals surface area (Å²) in [7, 11) is 2.14. The van der Waals surface area contributed by atoms with Gasteiger partial charge in [0.05, 0.1) is 5.92 Å². The van der Waals surface area contributed by atoms with Crippen LogP contribution in [0.15, 0.2) is 0 Å². The van der Waals surface area contributed by atoms with Crippen LogP contribution in [0.3, 0.4) is 0 Å². The van der Waals surface area contributed by atoms with Crippen molar-refractivity contribution in [3.05, 3.63) is 0 Å². The third kappa shape index (κ3) is 3.20. The van der Waals surface area contributed by atoms with E-state index in [9.17, 15) is 4.79 Å². The molecular weight excluding hydrogens is 190 g/mol. The lowest BCUT2D eigenvalue weighted by molar-refractivity contribution is -0.143. The Kier molecular flexibility index (Phi) is 3.77. The summed E-state index contributed by atoms with van der Waals surface area (Å²) in [5, 5.41) is 8.91. The fourth-order valence-electron chi connectivity index (χ4n) is 2.26. The summed E-state index contributed by atoms with van der Waals surface area (Å²) in [6.45, 7) is 6.61. The van der Waals surface area contributed by atoms with Gasteiger partial charge in [0.25, 0.3) is 0 Å². The first-order valence-electron chi connectivity index (χ1n) is 5.78. The van der Waals surface area contributed by atoms with E-state index in [0.29, 0.717) is 6.04 Å². The molecule has 0 radical (unpaired) electrons. The van der Waals surface area contributed by atoms with Crippen molar-refractivity contribution in [1.29, 1.82) is 0 Å². The molecule has 1 rings (SSSR count). The van der Waals surface area contributed by atoms with Crippen LogP contribution in [0.2, 0.25) is 0 Å². The quantitative estimate of drug-likeness (QED) is 0.765. The number of carbonyl (C=O) groups is 1. The average Bonchev–Trinajstić information content (AvgIpc) is 2.15. The molecule has 1 N–H and O–H groups in total. The van der Waals surface area contributed by atoms with Crippen molar-refractivity contribution < 1.29 is 9.90 Å². The number of rotatable bonds is 2. The Bertz CT molecular complexity index is 224. The molecule has 88 valence electrons. The van der Waals surface area contributed by atoms with Crippen molar-refractivity contribution in [1.82, 2.24) is 4.90 Å². The fraction of sp³-hybridized carbons (Fsp3) is 0.917. The maximum absolute atomic E-state index is 10.8. The van der Waals surface area contributed by atoms with Gasteiger partial charge in [0, 0.05) is 11.6 Å². The van der Waals surface area contributed by atoms with Crippen LogP contribution < -0.4 is 0 Å². The molecule has 0 atom stereocenters. The second kappa shape index (κ2) is 4.52. The van der Waals surface area contributed by atoms with E-state index in [0.717, 1.165) is 25.7 Å². The van der Waals surface area contributed by atoms with Crippen molar-refractivity contribution in [3.63, 3.8) is 0 Å². The van der Waals surface area contributed by atoms with Gasteiger partial charge >= 0.3 is 5.97 Å². The van der Waals surface area contributed by atoms with Crippen LogP contribution in [0, 0.1) is 5.92 Å². The Hall–Kier alpha value is -0.570. The van der Waals surface area contributed by atoms with Gasteiger partial charge in [-0.15, -0.1) is 0 Å². The molecule has 0 spiro atoms. The number of hydrogen-bond donors (Lipinski definition) is 1. The van der Waals surface area contributed by atoms with Crippen LogP contribution >= 0.6 is 0 Å². The second-order valence-electron chi connectivity index (χ2n) is 5.63. The zero-order chi connectivity index (χ0) is 11.6. The van der Waals surface area contributed by atoms with Crippen molar-refractivity contribution >= 4 is 5.97 Å². The maximum Gasteiger partial charge on any atom is 0.306 e. The minimum Gasteiger partial charge on any atom is -0.481 e. The summed E-state index contributed by atoms with van der Waals surface area (Å²) >= 11 is 0. The number of aliphatic carboxylic acids is 1. The van der Waals surface area contributed by atoms with Crippen LogP contribution in [0.1, 0.15) is 46.5 Å². The Morgan fingerprint density at radius 1 is 1.20 bits per heavy atom. The van der Waals surface area contributed by atoms with Crippen LogP contribution in [0.25, 0.3) is 0 Å². The molecule has 0 aromatic carbocycles. The topological polar surface area (TPSA) is 40.5 Å². The summed E-state index contributed by atoms with van der Waals surface area (Å²) in [6, 6.07) is 0.556. The van der Waals surface area contributed by atoms with Gasteiger partial charge in [-0.3, -0.25) is 9.69 Å². The second-order valence-corrected chi connectivity index (χ2v) is 5.63. The molecule has 1 fully saturated rings. The minimum absolute atomic E-state index is 0.102. The molecule has 0 aliphatic heterocycles. The third-order valence-electron chi connectivity index (χ3n) is 3.65. The van der Waals surface area contributed by atoms with Gasteiger partial charge in [-0.05, 0) is 53.5 Å². The maximum atomic E-state index is 10.8. The first-order chi connectivity index (χ1) is 6.82. The van der Waals surface area contributed by atoms with E-state index in [4.69, 9.17) is 5.11 Å².